The molecule has 86 valence electrons. The van der Waals surface area contributed by atoms with Crippen LogP contribution in [0.25, 0.3) is 0 Å². The maximum atomic E-state index is 9.18. The van der Waals surface area contributed by atoms with E-state index in [0.717, 1.165) is 14.4 Å². The molecule has 2 rings (SSSR count). The summed E-state index contributed by atoms with van der Waals surface area (Å²) in [6.45, 7) is 0. The molecule has 2 nitrogen and oxygen atoms in total. The summed E-state index contributed by atoms with van der Waals surface area (Å²) in [5.74, 6) is 0. The molecule has 1 unspecified atom stereocenters. The van der Waals surface area contributed by atoms with Crippen LogP contribution < -0.4 is 5.32 Å². The SMILES string of the molecule is N#CC(Nc1ccccc1Cl)c1ccc(Br)s1. The van der Waals surface area contributed by atoms with Crippen molar-refractivity contribution >= 4 is 44.6 Å². The van der Waals surface area contributed by atoms with E-state index in [2.05, 4.69) is 27.3 Å². The van der Waals surface area contributed by atoms with Crippen LogP contribution in [-0.2, 0) is 0 Å². The molecule has 1 aromatic heterocycles. The van der Waals surface area contributed by atoms with Crippen molar-refractivity contribution in [3.05, 3.63) is 50.1 Å². The summed E-state index contributed by atoms with van der Waals surface area (Å²) in [7, 11) is 0. The normalized spacial score (nSPS) is 11.8. The third kappa shape index (κ3) is 3.01. The van der Waals surface area contributed by atoms with Crippen LogP contribution in [-0.4, -0.2) is 0 Å². The van der Waals surface area contributed by atoms with E-state index in [1.165, 1.54) is 11.3 Å². The molecule has 1 heterocycles. The number of hydrogen-bond acceptors (Lipinski definition) is 3. The minimum absolute atomic E-state index is 0.383. The van der Waals surface area contributed by atoms with E-state index >= 15 is 0 Å². The molecule has 2 aromatic rings. The number of anilines is 1. The van der Waals surface area contributed by atoms with Crippen molar-refractivity contribution in [3.63, 3.8) is 0 Å². The zero-order chi connectivity index (χ0) is 12.3. The highest BCUT2D eigenvalue weighted by Crippen LogP contribution is 2.31. The summed E-state index contributed by atoms with van der Waals surface area (Å²) in [5.41, 5.74) is 0.769. The summed E-state index contributed by atoms with van der Waals surface area (Å²) in [6, 6.07) is 13.1. The Hall–Kier alpha value is -1.02. The van der Waals surface area contributed by atoms with Crippen molar-refractivity contribution in [3.8, 4) is 6.07 Å². The molecule has 0 aliphatic carbocycles. The smallest absolute Gasteiger partial charge is 0.149 e. The Morgan fingerprint density at radius 3 is 2.65 bits per heavy atom. The van der Waals surface area contributed by atoms with Crippen molar-refractivity contribution in [2.45, 2.75) is 6.04 Å². The predicted molar refractivity (Wildman–Crippen MR) is 75.4 cm³/mol. The van der Waals surface area contributed by atoms with Gasteiger partial charge >= 0.3 is 0 Å². The Morgan fingerprint density at radius 1 is 1.29 bits per heavy atom. The number of rotatable bonds is 3. The lowest BCUT2D eigenvalue weighted by Gasteiger charge is -2.12. The summed E-state index contributed by atoms with van der Waals surface area (Å²) >= 11 is 11.0. The van der Waals surface area contributed by atoms with Crippen LogP contribution in [0.1, 0.15) is 10.9 Å². The first kappa shape index (κ1) is 12.4. The lowest BCUT2D eigenvalue weighted by Crippen LogP contribution is -2.06. The number of nitrogens with one attached hydrogen (secondary N) is 1. The molecular formula is C12H8BrClN2S. The Balaban J connectivity index is 2.22. The molecule has 1 N–H and O–H groups in total. The number of nitriles is 1. The minimum atomic E-state index is -0.383. The standard InChI is InChI=1S/C12H8BrClN2S/c13-12-6-5-11(17-12)10(7-15)16-9-4-2-1-3-8(9)14/h1-6,10,16H. The van der Waals surface area contributed by atoms with Crippen LogP contribution in [0.3, 0.4) is 0 Å². The molecule has 0 spiro atoms. The van der Waals surface area contributed by atoms with Gasteiger partial charge in [0.2, 0.25) is 0 Å². The number of halogens is 2. The molecule has 0 aliphatic rings. The largest absolute Gasteiger partial charge is 0.364 e. The Labute approximate surface area is 117 Å². The van der Waals surface area contributed by atoms with Gasteiger partial charge in [0, 0.05) is 4.88 Å². The van der Waals surface area contributed by atoms with E-state index < -0.39 is 0 Å². The highest BCUT2D eigenvalue weighted by molar-refractivity contribution is 9.11. The Bertz CT molecular complexity index is 562. The van der Waals surface area contributed by atoms with Gasteiger partial charge in [0.05, 0.1) is 20.6 Å². The van der Waals surface area contributed by atoms with Gasteiger partial charge in [-0.25, -0.2) is 0 Å². The second-order valence-corrected chi connectivity index (χ2v) is 6.23. The van der Waals surface area contributed by atoms with Crippen molar-refractivity contribution < 1.29 is 0 Å². The average Bonchev–Trinajstić information content (AvgIpc) is 2.75. The van der Waals surface area contributed by atoms with Gasteiger partial charge in [-0.15, -0.1) is 11.3 Å². The van der Waals surface area contributed by atoms with Crippen molar-refractivity contribution in [2.24, 2.45) is 0 Å². The molecular weight excluding hydrogens is 320 g/mol. The van der Waals surface area contributed by atoms with Crippen LogP contribution in [0.4, 0.5) is 5.69 Å². The molecule has 0 radical (unpaired) electrons. The Kier molecular flexibility index (Phi) is 4.06. The topological polar surface area (TPSA) is 35.8 Å². The van der Waals surface area contributed by atoms with Gasteiger partial charge in [0.25, 0.3) is 0 Å². The van der Waals surface area contributed by atoms with E-state index in [1.807, 2.05) is 30.3 Å². The van der Waals surface area contributed by atoms with Crippen molar-refractivity contribution in [2.75, 3.05) is 5.32 Å². The molecule has 0 aliphatic heterocycles. The predicted octanol–water partition coefficient (Wildman–Crippen LogP) is 4.84. The zero-order valence-corrected chi connectivity index (χ0v) is 11.8. The molecule has 0 saturated heterocycles. The van der Waals surface area contributed by atoms with Gasteiger partial charge in [-0.05, 0) is 40.2 Å². The van der Waals surface area contributed by atoms with Gasteiger partial charge in [0.1, 0.15) is 6.04 Å². The van der Waals surface area contributed by atoms with Crippen LogP contribution in [0.2, 0.25) is 5.02 Å². The Morgan fingerprint density at radius 2 is 2.06 bits per heavy atom. The fourth-order valence-electron chi connectivity index (χ4n) is 1.38. The zero-order valence-electron chi connectivity index (χ0n) is 8.65. The second kappa shape index (κ2) is 5.54. The van der Waals surface area contributed by atoms with Gasteiger partial charge in [-0.3, -0.25) is 0 Å². The molecule has 0 bridgehead atoms. The van der Waals surface area contributed by atoms with Gasteiger partial charge in [-0.1, -0.05) is 23.7 Å². The third-order valence-electron chi connectivity index (χ3n) is 2.18. The van der Waals surface area contributed by atoms with Crippen LogP contribution in [0.15, 0.2) is 40.2 Å². The summed E-state index contributed by atoms with van der Waals surface area (Å²) in [6.07, 6.45) is 0. The number of hydrogen-bond donors (Lipinski definition) is 1. The highest BCUT2D eigenvalue weighted by Gasteiger charge is 2.13. The molecule has 0 fully saturated rings. The van der Waals surface area contributed by atoms with E-state index in [0.29, 0.717) is 5.02 Å². The number of benzene rings is 1. The quantitative estimate of drug-likeness (QED) is 0.875. The first-order chi connectivity index (χ1) is 8.20. The molecule has 0 amide bonds. The van der Waals surface area contributed by atoms with Gasteiger partial charge in [0.15, 0.2) is 0 Å². The summed E-state index contributed by atoms with van der Waals surface area (Å²) in [5, 5.41) is 12.9. The fourth-order valence-corrected chi connectivity index (χ4v) is 2.99. The van der Waals surface area contributed by atoms with E-state index in [9.17, 15) is 5.26 Å². The fraction of sp³-hybridized carbons (Fsp3) is 0.0833. The van der Waals surface area contributed by atoms with E-state index in [1.54, 1.807) is 6.07 Å². The van der Waals surface area contributed by atoms with Gasteiger partial charge < -0.3 is 5.32 Å². The monoisotopic (exact) mass is 326 g/mol. The lowest BCUT2D eigenvalue weighted by atomic mass is 10.2. The van der Waals surface area contributed by atoms with E-state index in [4.69, 9.17) is 11.6 Å². The second-order valence-electron chi connectivity index (χ2n) is 3.33. The first-order valence-electron chi connectivity index (χ1n) is 4.86. The summed E-state index contributed by atoms with van der Waals surface area (Å²) < 4.78 is 1.01. The lowest BCUT2D eigenvalue weighted by molar-refractivity contribution is 1.03. The molecule has 5 heteroatoms. The van der Waals surface area contributed by atoms with E-state index in [-0.39, 0.29) is 6.04 Å². The average molecular weight is 328 g/mol. The first-order valence-corrected chi connectivity index (χ1v) is 6.85. The third-order valence-corrected chi connectivity index (χ3v) is 4.20. The van der Waals surface area contributed by atoms with Crippen molar-refractivity contribution in [1.82, 2.24) is 0 Å². The maximum Gasteiger partial charge on any atom is 0.149 e. The van der Waals surface area contributed by atoms with Gasteiger partial charge in [-0.2, -0.15) is 5.26 Å². The number of para-hydroxylation sites is 1. The summed E-state index contributed by atoms with van der Waals surface area (Å²) in [4.78, 5) is 0.958. The minimum Gasteiger partial charge on any atom is -0.364 e. The molecule has 1 aromatic carbocycles. The maximum absolute atomic E-state index is 9.18. The molecule has 0 saturated carbocycles. The highest BCUT2D eigenvalue weighted by atomic mass is 79.9. The number of thiophene rings is 1. The van der Waals surface area contributed by atoms with Crippen LogP contribution in [0.5, 0.6) is 0 Å². The van der Waals surface area contributed by atoms with Crippen LogP contribution >= 0.6 is 38.9 Å². The van der Waals surface area contributed by atoms with Crippen molar-refractivity contribution in [1.29, 1.82) is 5.26 Å². The van der Waals surface area contributed by atoms with Crippen LogP contribution in [0, 0.1) is 11.3 Å². The molecule has 1 atom stereocenters. The number of nitrogens with zero attached hydrogens (tertiary/aromatic N) is 1. The molecule has 17 heavy (non-hydrogen) atoms.